The monoisotopic (exact) mass is 474 g/mol. The highest BCUT2D eigenvalue weighted by Crippen LogP contribution is 2.25. The van der Waals surface area contributed by atoms with Crippen LogP contribution in [0.3, 0.4) is 0 Å². The Kier molecular flexibility index (Phi) is 6.17. The lowest BCUT2D eigenvalue weighted by Gasteiger charge is -2.31. The number of fused-ring (bicyclic) bond motifs is 1. The van der Waals surface area contributed by atoms with Crippen LogP contribution in [0.4, 0.5) is 5.95 Å². The summed E-state index contributed by atoms with van der Waals surface area (Å²) in [7, 11) is 3.13. The fraction of sp³-hybridized carbons (Fsp3) is 0.346. The molecule has 0 bridgehead atoms. The average Bonchev–Trinajstić information content (AvgIpc) is 3.25. The minimum absolute atomic E-state index is 0.0399. The van der Waals surface area contributed by atoms with Gasteiger partial charge in [-0.25, -0.2) is 4.79 Å². The van der Waals surface area contributed by atoms with Gasteiger partial charge in [0.2, 0.25) is 5.95 Å². The zero-order valence-electron chi connectivity index (χ0n) is 20.1. The third kappa shape index (κ3) is 4.35. The van der Waals surface area contributed by atoms with Gasteiger partial charge in [-0.3, -0.25) is 18.5 Å². The van der Waals surface area contributed by atoms with Gasteiger partial charge >= 0.3 is 5.69 Å². The Balaban J connectivity index is 1.71. The van der Waals surface area contributed by atoms with Crippen LogP contribution in [0.2, 0.25) is 0 Å². The second-order valence-corrected chi connectivity index (χ2v) is 9.09. The molecule has 0 spiro atoms. The van der Waals surface area contributed by atoms with E-state index in [0.29, 0.717) is 30.2 Å². The molecule has 1 unspecified atom stereocenters. The number of ether oxygens (including phenoxy) is 1. The maximum atomic E-state index is 13.4. The number of benzene rings is 2. The molecule has 0 amide bonds. The van der Waals surface area contributed by atoms with Gasteiger partial charge in [0, 0.05) is 26.2 Å². The van der Waals surface area contributed by atoms with Gasteiger partial charge in [0.1, 0.15) is 5.75 Å². The molecule has 0 aliphatic carbocycles. The molecule has 3 heterocycles. The molecule has 1 saturated heterocycles. The fourth-order valence-electron chi connectivity index (χ4n) is 4.75. The van der Waals surface area contributed by atoms with Gasteiger partial charge in [-0.1, -0.05) is 42.5 Å². The van der Waals surface area contributed by atoms with Crippen LogP contribution in [0.25, 0.3) is 11.2 Å². The van der Waals surface area contributed by atoms with Crippen LogP contribution in [0.1, 0.15) is 24.0 Å². The van der Waals surface area contributed by atoms with E-state index < -0.39 is 5.69 Å². The molecule has 0 saturated carbocycles. The van der Waals surface area contributed by atoms with Crippen molar-refractivity contribution in [1.29, 1.82) is 0 Å². The number of nitrogens with two attached hydrogens (primary N) is 1. The Labute approximate surface area is 203 Å². The van der Waals surface area contributed by atoms with Crippen molar-refractivity contribution in [1.82, 2.24) is 18.7 Å². The second-order valence-electron chi connectivity index (χ2n) is 9.09. The van der Waals surface area contributed by atoms with Crippen LogP contribution in [-0.2, 0) is 20.1 Å². The first kappa shape index (κ1) is 22.9. The number of aromatic nitrogens is 4. The van der Waals surface area contributed by atoms with Crippen molar-refractivity contribution >= 4 is 17.1 Å². The Hall–Kier alpha value is -3.85. The summed E-state index contributed by atoms with van der Waals surface area (Å²) in [6.45, 7) is 2.21. The van der Waals surface area contributed by atoms with E-state index in [0.717, 1.165) is 36.3 Å². The molecule has 182 valence electrons. The lowest BCUT2D eigenvalue weighted by atomic mass is 10.1. The van der Waals surface area contributed by atoms with Gasteiger partial charge in [0.25, 0.3) is 5.56 Å². The van der Waals surface area contributed by atoms with Crippen molar-refractivity contribution in [3.63, 3.8) is 0 Å². The van der Waals surface area contributed by atoms with Crippen molar-refractivity contribution in [3.05, 3.63) is 86.6 Å². The van der Waals surface area contributed by atoms with Gasteiger partial charge in [-0.15, -0.1) is 0 Å². The number of nitrogens with zero attached hydrogens (tertiary/aromatic N) is 5. The van der Waals surface area contributed by atoms with E-state index in [1.54, 1.807) is 11.7 Å². The summed E-state index contributed by atoms with van der Waals surface area (Å²) < 4.78 is 9.94. The molecule has 2 aromatic heterocycles. The molecule has 35 heavy (non-hydrogen) atoms. The number of rotatable bonds is 6. The first-order valence-electron chi connectivity index (χ1n) is 11.8. The number of anilines is 1. The van der Waals surface area contributed by atoms with E-state index in [9.17, 15) is 9.59 Å². The molecule has 5 rings (SSSR count). The summed E-state index contributed by atoms with van der Waals surface area (Å²) in [6.07, 6.45) is 1.91. The topological polar surface area (TPSA) is 100 Å². The number of hydrogen-bond donors (Lipinski definition) is 1. The molecule has 9 nitrogen and oxygen atoms in total. The quantitative estimate of drug-likeness (QED) is 0.458. The van der Waals surface area contributed by atoms with Crippen LogP contribution in [0.5, 0.6) is 5.75 Å². The molecule has 2 aromatic carbocycles. The van der Waals surface area contributed by atoms with Gasteiger partial charge < -0.3 is 15.4 Å². The third-order valence-electron chi connectivity index (χ3n) is 6.63. The Bertz CT molecular complexity index is 1450. The molecule has 1 aliphatic rings. The largest absolute Gasteiger partial charge is 0.497 e. The van der Waals surface area contributed by atoms with E-state index >= 15 is 0 Å². The molecular formula is C26H30N6O3. The molecule has 1 atom stereocenters. The van der Waals surface area contributed by atoms with Gasteiger partial charge in [0.05, 0.1) is 20.2 Å². The maximum absolute atomic E-state index is 13.4. The summed E-state index contributed by atoms with van der Waals surface area (Å²) in [4.78, 5) is 33.7. The summed E-state index contributed by atoms with van der Waals surface area (Å²) in [5.74, 6) is 1.41. The molecule has 1 aliphatic heterocycles. The molecule has 4 aromatic rings. The molecule has 0 radical (unpaired) electrons. The molecule has 1 fully saturated rings. The smallest absolute Gasteiger partial charge is 0.332 e. The van der Waals surface area contributed by atoms with Crippen LogP contribution in [0, 0.1) is 0 Å². The first-order chi connectivity index (χ1) is 17.0. The van der Waals surface area contributed by atoms with Crippen LogP contribution >= 0.6 is 0 Å². The lowest BCUT2D eigenvalue weighted by molar-refractivity contribution is 0.414. The van der Waals surface area contributed by atoms with Crippen LogP contribution in [0.15, 0.2) is 64.2 Å². The van der Waals surface area contributed by atoms with E-state index in [-0.39, 0.29) is 18.1 Å². The lowest BCUT2D eigenvalue weighted by Crippen LogP contribution is -2.44. The minimum atomic E-state index is -0.399. The summed E-state index contributed by atoms with van der Waals surface area (Å²) >= 11 is 0. The Morgan fingerprint density at radius 3 is 2.37 bits per heavy atom. The fourth-order valence-corrected chi connectivity index (χ4v) is 4.75. The van der Waals surface area contributed by atoms with E-state index in [2.05, 4.69) is 4.90 Å². The summed E-state index contributed by atoms with van der Waals surface area (Å²) in [5.41, 5.74) is 8.29. The van der Waals surface area contributed by atoms with Crippen molar-refractivity contribution in [3.8, 4) is 5.75 Å². The standard InChI is InChI=1S/C26H30N6O3/c1-29-24(33)22-23(32(26(29)34)16-19-10-12-21(35-2)13-11-19)28-25(30-14-6-9-20(27)17-30)31(22)15-18-7-4-3-5-8-18/h3-5,7-8,10-13,20H,6,9,14-17,27H2,1-2H3. The summed E-state index contributed by atoms with van der Waals surface area (Å²) in [6, 6.07) is 17.5. The van der Waals surface area contributed by atoms with Crippen molar-refractivity contribution < 1.29 is 4.74 Å². The minimum Gasteiger partial charge on any atom is -0.497 e. The zero-order chi connectivity index (χ0) is 24.5. The Morgan fingerprint density at radius 1 is 1.00 bits per heavy atom. The average molecular weight is 475 g/mol. The van der Waals surface area contributed by atoms with Crippen LogP contribution < -0.4 is 26.6 Å². The van der Waals surface area contributed by atoms with E-state index in [4.69, 9.17) is 15.5 Å². The zero-order valence-corrected chi connectivity index (χ0v) is 20.1. The van der Waals surface area contributed by atoms with Gasteiger partial charge in [-0.05, 0) is 36.1 Å². The molecule has 2 N–H and O–H groups in total. The normalized spacial score (nSPS) is 16.1. The third-order valence-corrected chi connectivity index (χ3v) is 6.63. The highest BCUT2D eigenvalue weighted by atomic mass is 16.5. The number of piperidine rings is 1. The number of methoxy groups -OCH3 is 1. The molecule has 9 heteroatoms. The Morgan fingerprint density at radius 2 is 1.69 bits per heavy atom. The van der Waals surface area contributed by atoms with Crippen molar-refractivity contribution in [2.24, 2.45) is 12.8 Å². The predicted octanol–water partition coefficient (Wildman–Crippen LogP) is 1.93. The van der Waals surface area contributed by atoms with Gasteiger partial charge in [0.15, 0.2) is 11.2 Å². The highest BCUT2D eigenvalue weighted by molar-refractivity contribution is 5.75. The number of hydrogen-bond acceptors (Lipinski definition) is 6. The second kappa shape index (κ2) is 9.42. The maximum Gasteiger partial charge on any atom is 0.332 e. The highest BCUT2D eigenvalue weighted by Gasteiger charge is 2.26. The van der Waals surface area contributed by atoms with E-state index in [1.807, 2.05) is 59.2 Å². The van der Waals surface area contributed by atoms with Crippen molar-refractivity contribution in [2.75, 3.05) is 25.1 Å². The number of imidazole rings is 1. The van der Waals surface area contributed by atoms with Crippen molar-refractivity contribution in [2.45, 2.75) is 32.0 Å². The van der Waals surface area contributed by atoms with Gasteiger partial charge in [-0.2, -0.15) is 4.98 Å². The summed E-state index contributed by atoms with van der Waals surface area (Å²) in [5, 5.41) is 0. The van der Waals surface area contributed by atoms with Crippen LogP contribution in [-0.4, -0.2) is 44.9 Å². The first-order valence-corrected chi connectivity index (χ1v) is 11.8. The SMILES string of the molecule is COc1ccc(Cn2c(=O)n(C)c(=O)c3c2nc(N2CCCC(N)C2)n3Cc2ccccc2)cc1. The molecular weight excluding hydrogens is 444 g/mol. The predicted molar refractivity (Wildman–Crippen MR) is 136 cm³/mol. The van der Waals surface area contributed by atoms with E-state index in [1.165, 1.54) is 11.6 Å².